The van der Waals surface area contributed by atoms with Gasteiger partial charge in [0.25, 0.3) is 11.2 Å². The number of carbonyl (C=O) groups is 1. The Morgan fingerprint density at radius 3 is 2.78 bits per heavy atom. The van der Waals surface area contributed by atoms with Crippen LogP contribution >= 0.6 is 11.3 Å². The van der Waals surface area contributed by atoms with Gasteiger partial charge in [-0.1, -0.05) is 12.1 Å². The molecule has 0 bridgehead atoms. The van der Waals surface area contributed by atoms with Gasteiger partial charge in [0, 0.05) is 12.1 Å². The molecule has 140 valence electrons. The Labute approximate surface area is 157 Å². The van der Waals surface area contributed by atoms with Crippen molar-refractivity contribution in [3.05, 3.63) is 67.3 Å². The first kappa shape index (κ1) is 18.6. The average Bonchev–Trinajstić information content (AvgIpc) is 3.13. The van der Waals surface area contributed by atoms with Crippen molar-refractivity contribution in [2.45, 2.75) is 13.5 Å². The normalized spacial score (nSPS) is 10.7. The van der Waals surface area contributed by atoms with Crippen LogP contribution in [-0.4, -0.2) is 29.2 Å². The molecule has 0 aliphatic rings. The number of hydrogen-bond acceptors (Lipinski definition) is 7. The molecule has 8 nitrogen and oxygen atoms in total. The lowest BCUT2D eigenvalue weighted by molar-refractivity contribution is -0.384. The van der Waals surface area contributed by atoms with Crippen LogP contribution in [0, 0.1) is 10.1 Å². The van der Waals surface area contributed by atoms with Crippen LogP contribution < -0.4 is 10.3 Å². The monoisotopic (exact) mass is 388 g/mol. The summed E-state index contributed by atoms with van der Waals surface area (Å²) in [5, 5.41) is 12.8. The summed E-state index contributed by atoms with van der Waals surface area (Å²) in [5.41, 5.74) is 0.671. The molecular formula is C18H16N2O6S. The molecule has 0 fully saturated rings. The lowest BCUT2D eigenvalue weighted by Crippen LogP contribution is -2.25. The van der Waals surface area contributed by atoms with Crippen LogP contribution in [0.2, 0.25) is 0 Å². The molecule has 9 heteroatoms. The van der Waals surface area contributed by atoms with Gasteiger partial charge in [0.15, 0.2) is 0 Å². The molecule has 1 aromatic carbocycles. The Hall–Kier alpha value is -3.20. The van der Waals surface area contributed by atoms with E-state index < -0.39 is 16.5 Å². The van der Waals surface area contributed by atoms with Gasteiger partial charge in [-0.25, -0.2) is 4.79 Å². The number of non-ortho nitro benzene ring substituents is 1. The van der Waals surface area contributed by atoms with Crippen molar-refractivity contribution in [3.63, 3.8) is 0 Å². The standard InChI is InChI=1S/C18H16N2O6S/c1-3-26-18(22)14-15(25-2)17(21)19(13-7-8-27-16(13)14)10-11-5-4-6-12(9-11)20(23)24/h4-9H,3,10H2,1-2H3. The van der Waals surface area contributed by atoms with Gasteiger partial charge in [0.05, 0.1) is 35.4 Å². The maximum atomic E-state index is 13.0. The molecule has 0 unspecified atom stereocenters. The van der Waals surface area contributed by atoms with Crippen LogP contribution in [0.25, 0.3) is 10.2 Å². The number of ether oxygens (including phenoxy) is 2. The van der Waals surface area contributed by atoms with Crippen molar-refractivity contribution < 1.29 is 19.2 Å². The molecule has 3 aromatic rings. The van der Waals surface area contributed by atoms with E-state index in [1.54, 1.807) is 30.5 Å². The van der Waals surface area contributed by atoms with Gasteiger partial charge in [0.1, 0.15) is 5.56 Å². The third-order valence-electron chi connectivity index (χ3n) is 3.97. The second-order valence-electron chi connectivity index (χ2n) is 5.58. The molecule has 0 radical (unpaired) electrons. The minimum atomic E-state index is -0.624. The molecular weight excluding hydrogens is 372 g/mol. The zero-order valence-corrected chi connectivity index (χ0v) is 15.4. The first-order chi connectivity index (χ1) is 13.0. The van der Waals surface area contributed by atoms with Crippen LogP contribution in [0.1, 0.15) is 22.8 Å². The highest BCUT2D eigenvalue weighted by Crippen LogP contribution is 2.30. The van der Waals surface area contributed by atoms with E-state index in [-0.39, 0.29) is 30.2 Å². The predicted molar refractivity (Wildman–Crippen MR) is 101 cm³/mol. The number of methoxy groups -OCH3 is 1. The van der Waals surface area contributed by atoms with E-state index in [4.69, 9.17) is 9.47 Å². The predicted octanol–water partition coefficient (Wildman–Crippen LogP) is 3.20. The van der Waals surface area contributed by atoms with E-state index in [0.29, 0.717) is 15.8 Å². The van der Waals surface area contributed by atoms with Gasteiger partial charge in [-0.05, 0) is 23.9 Å². The zero-order valence-electron chi connectivity index (χ0n) is 14.6. The SMILES string of the molecule is CCOC(=O)c1c(OC)c(=O)n(Cc2cccc([N+](=O)[O-])c2)c2ccsc12. The van der Waals surface area contributed by atoms with Crippen molar-refractivity contribution in [1.82, 2.24) is 4.57 Å². The number of pyridine rings is 1. The van der Waals surface area contributed by atoms with E-state index in [0.717, 1.165) is 0 Å². The number of benzene rings is 1. The van der Waals surface area contributed by atoms with Crippen molar-refractivity contribution in [1.29, 1.82) is 0 Å². The number of thiophene rings is 1. The first-order valence-corrected chi connectivity index (χ1v) is 8.94. The summed E-state index contributed by atoms with van der Waals surface area (Å²) < 4.78 is 12.3. The zero-order chi connectivity index (χ0) is 19.6. The third-order valence-corrected chi connectivity index (χ3v) is 4.90. The van der Waals surface area contributed by atoms with Gasteiger partial charge in [0.2, 0.25) is 5.75 Å². The van der Waals surface area contributed by atoms with E-state index in [9.17, 15) is 19.7 Å². The summed E-state index contributed by atoms with van der Waals surface area (Å²) in [4.78, 5) is 35.8. The van der Waals surface area contributed by atoms with Gasteiger partial charge in [-0.15, -0.1) is 11.3 Å². The molecule has 0 atom stereocenters. The Bertz CT molecular complexity index is 1090. The van der Waals surface area contributed by atoms with E-state index in [1.165, 1.54) is 35.1 Å². The number of hydrogen-bond donors (Lipinski definition) is 0. The van der Waals surface area contributed by atoms with E-state index in [2.05, 4.69) is 0 Å². The highest BCUT2D eigenvalue weighted by atomic mass is 32.1. The number of nitrogens with zero attached hydrogens (tertiary/aromatic N) is 2. The molecule has 0 aliphatic heterocycles. The van der Waals surface area contributed by atoms with Crippen LogP contribution in [0.3, 0.4) is 0 Å². The van der Waals surface area contributed by atoms with Crippen LogP contribution in [-0.2, 0) is 11.3 Å². The van der Waals surface area contributed by atoms with E-state index >= 15 is 0 Å². The van der Waals surface area contributed by atoms with Gasteiger partial charge >= 0.3 is 5.97 Å². The van der Waals surface area contributed by atoms with E-state index in [1.807, 2.05) is 0 Å². The van der Waals surface area contributed by atoms with Crippen LogP contribution in [0.5, 0.6) is 5.75 Å². The lowest BCUT2D eigenvalue weighted by Gasteiger charge is -2.14. The Morgan fingerprint density at radius 2 is 2.11 bits per heavy atom. The molecule has 2 aromatic heterocycles. The second kappa shape index (κ2) is 7.58. The van der Waals surface area contributed by atoms with Gasteiger partial charge in [-0.2, -0.15) is 0 Å². The van der Waals surface area contributed by atoms with Crippen molar-refractivity contribution in [2.24, 2.45) is 0 Å². The van der Waals surface area contributed by atoms with Crippen LogP contribution in [0.4, 0.5) is 5.69 Å². The smallest absolute Gasteiger partial charge is 0.343 e. The Morgan fingerprint density at radius 1 is 1.33 bits per heavy atom. The van der Waals surface area contributed by atoms with Gasteiger partial charge in [-0.3, -0.25) is 19.5 Å². The number of fused-ring (bicyclic) bond motifs is 1. The highest BCUT2D eigenvalue weighted by molar-refractivity contribution is 7.17. The number of nitro groups is 1. The maximum absolute atomic E-state index is 13.0. The molecule has 3 rings (SSSR count). The summed E-state index contributed by atoms with van der Waals surface area (Å²) >= 11 is 1.29. The minimum Gasteiger partial charge on any atom is -0.490 e. The summed E-state index contributed by atoms with van der Waals surface area (Å²) in [6.07, 6.45) is 0. The fourth-order valence-corrected chi connectivity index (χ4v) is 3.76. The highest BCUT2D eigenvalue weighted by Gasteiger charge is 2.25. The van der Waals surface area contributed by atoms with Crippen molar-refractivity contribution in [3.8, 4) is 5.75 Å². The summed E-state index contributed by atoms with van der Waals surface area (Å²) in [6.45, 7) is 1.96. The molecule has 0 spiro atoms. The lowest BCUT2D eigenvalue weighted by atomic mass is 10.1. The number of rotatable bonds is 6. The average molecular weight is 388 g/mol. The van der Waals surface area contributed by atoms with Crippen molar-refractivity contribution in [2.75, 3.05) is 13.7 Å². The summed E-state index contributed by atoms with van der Waals surface area (Å²) in [5.74, 6) is -0.727. The number of carbonyl (C=O) groups excluding carboxylic acids is 1. The maximum Gasteiger partial charge on any atom is 0.343 e. The Kier molecular flexibility index (Phi) is 5.22. The molecule has 0 N–H and O–H groups in total. The molecule has 0 saturated carbocycles. The molecule has 27 heavy (non-hydrogen) atoms. The molecule has 0 amide bonds. The molecule has 0 aliphatic carbocycles. The quantitative estimate of drug-likeness (QED) is 0.365. The topological polar surface area (TPSA) is 101 Å². The fraction of sp³-hybridized carbons (Fsp3) is 0.222. The minimum absolute atomic E-state index is 0.0581. The molecule has 2 heterocycles. The second-order valence-corrected chi connectivity index (χ2v) is 6.50. The van der Waals surface area contributed by atoms with Crippen LogP contribution in [0.15, 0.2) is 40.5 Å². The summed E-state index contributed by atoms with van der Waals surface area (Å²) in [6, 6.07) is 7.78. The molecule has 0 saturated heterocycles. The third kappa shape index (κ3) is 3.41. The number of aromatic nitrogens is 1. The fourth-order valence-electron chi connectivity index (χ4n) is 2.83. The number of nitro benzene ring substituents is 1. The van der Waals surface area contributed by atoms with Gasteiger partial charge < -0.3 is 9.47 Å². The Balaban J connectivity index is 2.19. The first-order valence-electron chi connectivity index (χ1n) is 8.06. The number of esters is 1. The van der Waals surface area contributed by atoms with Crippen molar-refractivity contribution >= 4 is 33.2 Å². The summed E-state index contributed by atoms with van der Waals surface area (Å²) in [7, 11) is 1.32. The largest absolute Gasteiger partial charge is 0.490 e.